The summed E-state index contributed by atoms with van der Waals surface area (Å²) in [6.45, 7) is 3.06. The van der Waals surface area contributed by atoms with E-state index < -0.39 is 0 Å². The van der Waals surface area contributed by atoms with Crippen molar-refractivity contribution in [3.05, 3.63) is 3.70 Å². The van der Waals surface area contributed by atoms with Crippen LogP contribution in [0, 0.1) is 0 Å². The summed E-state index contributed by atoms with van der Waals surface area (Å²) in [7, 11) is 0. The first-order valence-electron chi connectivity index (χ1n) is 3.08. The summed E-state index contributed by atoms with van der Waals surface area (Å²) in [6, 6.07) is 0. The van der Waals surface area contributed by atoms with Crippen molar-refractivity contribution < 1.29 is 9.53 Å². The smallest absolute Gasteiger partial charge is 0.161 e. The van der Waals surface area contributed by atoms with Gasteiger partial charge in [0.15, 0.2) is 9.65 Å². The molecule has 0 saturated carbocycles. The van der Waals surface area contributed by atoms with Gasteiger partial charge in [-0.05, 0) is 22.6 Å². The third-order valence-electron chi connectivity index (χ3n) is 1.37. The molecule has 0 aromatic heterocycles. The topological polar surface area (TPSA) is 29.5 Å². The number of halogens is 1. The maximum atomic E-state index is 10.2. The minimum Gasteiger partial charge on any atom is -0.378 e. The van der Waals surface area contributed by atoms with Gasteiger partial charge in [-0.3, -0.25) is 0 Å². The summed E-state index contributed by atoms with van der Waals surface area (Å²) in [5, 5.41) is 0. The molecule has 0 bridgehead atoms. The molecule has 1 heterocycles. The van der Waals surface area contributed by atoms with E-state index in [9.17, 15) is 4.79 Å². The van der Waals surface area contributed by atoms with Crippen molar-refractivity contribution in [1.29, 1.82) is 0 Å². The normalized spacial score (nSPS) is 18.3. The van der Waals surface area contributed by atoms with E-state index in [0.717, 1.165) is 13.1 Å². The van der Waals surface area contributed by atoms with Gasteiger partial charge in [-0.2, -0.15) is 0 Å². The van der Waals surface area contributed by atoms with Crippen LogP contribution in [0.1, 0.15) is 0 Å². The highest BCUT2D eigenvalue weighted by atomic mass is 127. The summed E-state index contributed by atoms with van der Waals surface area (Å²) < 4.78 is 5.76. The second-order valence-corrected chi connectivity index (χ2v) is 3.01. The first-order valence-corrected chi connectivity index (χ1v) is 4.16. The minimum atomic E-state index is 0.654. The lowest BCUT2D eigenvalue weighted by Crippen LogP contribution is -2.34. The molecular weight excluding hydrogens is 245 g/mol. The highest BCUT2D eigenvalue weighted by Crippen LogP contribution is 2.10. The van der Waals surface area contributed by atoms with Crippen molar-refractivity contribution in [3.8, 4) is 0 Å². The van der Waals surface area contributed by atoms with Crippen LogP contribution >= 0.6 is 22.6 Å². The highest BCUT2D eigenvalue weighted by Gasteiger charge is 2.11. The van der Waals surface area contributed by atoms with E-state index in [0.29, 0.717) is 16.9 Å². The van der Waals surface area contributed by atoms with Crippen molar-refractivity contribution >= 4 is 28.5 Å². The van der Waals surface area contributed by atoms with Gasteiger partial charge in [0.25, 0.3) is 0 Å². The molecule has 0 radical (unpaired) electrons. The Balaban J connectivity index is 2.46. The van der Waals surface area contributed by atoms with Crippen molar-refractivity contribution in [2.75, 3.05) is 26.3 Å². The number of hydrogen-bond acceptors (Lipinski definition) is 3. The molecule has 0 N–H and O–H groups in total. The van der Waals surface area contributed by atoms with Crippen molar-refractivity contribution in [3.63, 3.8) is 0 Å². The molecule has 10 heavy (non-hydrogen) atoms. The standard InChI is InChI=1S/C6H8INO2/c7-6(5-9)8-1-3-10-4-2-8/h1-4H2. The van der Waals surface area contributed by atoms with E-state index in [4.69, 9.17) is 4.74 Å². The molecule has 1 rings (SSSR count). The first-order chi connectivity index (χ1) is 4.84. The molecule has 0 amide bonds. The molecule has 1 aliphatic rings. The Morgan fingerprint density at radius 1 is 1.50 bits per heavy atom. The first kappa shape index (κ1) is 8.04. The van der Waals surface area contributed by atoms with Crippen LogP contribution in [0.2, 0.25) is 0 Å². The van der Waals surface area contributed by atoms with Gasteiger partial charge in [-0.1, -0.05) is 0 Å². The Bertz CT molecular complexity index is 159. The average Bonchev–Trinajstić information content (AvgIpc) is 2.05. The Morgan fingerprint density at radius 2 is 2.10 bits per heavy atom. The molecule has 0 spiro atoms. The van der Waals surface area contributed by atoms with Gasteiger partial charge < -0.3 is 9.64 Å². The van der Waals surface area contributed by atoms with Gasteiger partial charge in [0.2, 0.25) is 0 Å². The summed E-state index contributed by atoms with van der Waals surface area (Å²) in [5.74, 6) is 1.86. The van der Waals surface area contributed by atoms with Crippen molar-refractivity contribution in [2.24, 2.45) is 0 Å². The maximum absolute atomic E-state index is 10.2. The molecule has 56 valence electrons. The molecule has 0 unspecified atom stereocenters. The Labute approximate surface area is 73.2 Å². The van der Waals surface area contributed by atoms with E-state index >= 15 is 0 Å². The fourth-order valence-electron chi connectivity index (χ4n) is 0.824. The van der Waals surface area contributed by atoms with E-state index in [1.54, 1.807) is 0 Å². The van der Waals surface area contributed by atoms with Gasteiger partial charge in [-0.15, -0.1) is 0 Å². The monoisotopic (exact) mass is 253 g/mol. The average molecular weight is 253 g/mol. The SMILES string of the molecule is O=C=C(I)N1CCOCC1. The third-order valence-corrected chi connectivity index (χ3v) is 2.28. The lowest BCUT2D eigenvalue weighted by Gasteiger charge is -2.26. The lowest BCUT2D eigenvalue weighted by atomic mass is 10.4. The molecule has 0 aromatic rings. The zero-order chi connectivity index (χ0) is 7.40. The molecule has 1 saturated heterocycles. The second kappa shape index (κ2) is 3.95. The maximum Gasteiger partial charge on any atom is 0.161 e. The Morgan fingerprint density at radius 3 is 2.60 bits per heavy atom. The van der Waals surface area contributed by atoms with Gasteiger partial charge >= 0.3 is 0 Å². The van der Waals surface area contributed by atoms with E-state index in [2.05, 4.69) is 0 Å². The van der Waals surface area contributed by atoms with E-state index in [1.165, 1.54) is 0 Å². The molecule has 0 atom stereocenters. The molecule has 3 nitrogen and oxygen atoms in total. The van der Waals surface area contributed by atoms with Crippen LogP contribution in [-0.4, -0.2) is 37.1 Å². The molecule has 1 fully saturated rings. The largest absolute Gasteiger partial charge is 0.378 e. The quantitative estimate of drug-likeness (QED) is 0.385. The molecular formula is C6H8INO2. The molecule has 1 aliphatic heterocycles. The molecule has 0 aromatic carbocycles. The fourth-order valence-corrected chi connectivity index (χ4v) is 1.31. The van der Waals surface area contributed by atoms with Crippen LogP contribution in [0.4, 0.5) is 0 Å². The summed E-state index contributed by atoms with van der Waals surface area (Å²) in [5.41, 5.74) is 0. The zero-order valence-corrected chi connectivity index (χ0v) is 7.63. The van der Waals surface area contributed by atoms with Crippen LogP contribution in [0.5, 0.6) is 0 Å². The fraction of sp³-hybridized carbons (Fsp3) is 0.667. The van der Waals surface area contributed by atoms with Gasteiger partial charge in [0.05, 0.1) is 13.2 Å². The number of nitrogens with zero attached hydrogens (tertiary/aromatic N) is 1. The minimum absolute atomic E-state index is 0.654. The van der Waals surface area contributed by atoms with Gasteiger partial charge in [0, 0.05) is 13.1 Å². The van der Waals surface area contributed by atoms with Crippen molar-refractivity contribution in [1.82, 2.24) is 4.90 Å². The Hall–Kier alpha value is -0.0600. The van der Waals surface area contributed by atoms with Crippen LogP contribution < -0.4 is 0 Å². The third kappa shape index (κ3) is 1.97. The summed E-state index contributed by atoms with van der Waals surface area (Å²) in [6.07, 6.45) is 0. The lowest BCUT2D eigenvalue weighted by molar-refractivity contribution is 0.0590. The predicted octanol–water partition coefficient (Wildman–Crippen LogP) is 0.427. The number of morpholine rings is 1. The number of hydrogen-bond donors (Lipinski definition) is 0. The van der Waals surface area contributed by atoms with Crippen LogP contribution in [0.15, 0.2) is 3.70 Å². The van der Waals surface area contributed by atoms with Crippen LogP contribution in [0.3, 0.4) is 0 Å². The number of rotatable bonds is 1. The summed E-state index contributed by atoms with van der Waals surface area (Å²) in [4.78, 5) is 12.1. The van der Waals surface area contributed by atoms with Crippen molar-refractivity contribution in [2.45, 2.75) is 0 Å². The Kier molecular flexibility index (Phi) is 3.18. The van der Waals surface area contributed by atoms with E-state index in [1.807, 2.05) is 33.4 Å². The number of ether oxygens (including phenoxy) is 1. The predicted molar refractivity (Wildman–Crippen MR) is 45.6 cm³/mol. The summed E-state index contributed by atoms with van der Waals surface area (Å²) >= 11 is 1.99. The van der Waals surface area contributed by atoms with Gasteiger partial charge in [-0.25, -0.2) is 4.79 Å². The van der Waals surface area contributed by atoms with Gasteiger partial charge in [0.1, 0.15) is 0 Å². The number of carbonyl (C=O) groups excluding carboxylic acids is 1. The molecule has 4 heteroatoms. The zero-order valence-electron chi connectivity index (χ0n) is 5.47. The van der Waals surface area contributed by atoms with Crippen LogP contribution in [0.25, 0.3) is 0 Å². The second-order valence-electron chi connectivity index (χ2n) is 1.99. The highest BCUT2D eigenvalue weighted by molar-refractivity contribution is 14.1. The van der Waals surface area contributed by atoms with E-state index in [-0.39, 0.29) is 0 Å². The van der Waals surface area contributed by atoms with Crippen LogP contribution in [-0.2, 0) is 9.53 Å². The molecule has 0 aliphatic carbocycles.